The molecule has 2 heterocycles. The number of nitrogens with zero attached hydrogens (tertiary/aromatic N) is 2. The molecule has 4 nitrogen and oxygen atoms in total. The van der Waals surface area contributed by atoms with E-state index in [2.05, 4.69) is 18.8 Å². The van der Waals surface area contributed by atoms with E-state index in [9.17, 15) is 4.79 Å². The first-order valence-electron chi connectivity index (χ1n) is 7.34. The molecule has 0 bridgehead atoms. The molecular formula is C17H22N2O2. The van der Waals surface area contributed by atoms with Crippen molar-refractivity contribution in [2.24, 2.45) is 5.92 Å². The maximum Gasteiger partial charge on any atom is 0.223 e. The zero-order valence-corrected chi connectivity index (χ0v) is 12.7. The van der Waals surface area contributed by atoms with Gasteiger partial charge in [0, 0.05) is 25.4 Å². The minimum absolute atomic E-state index is 0.156. The van der Waals surface area contributed by atoms with Gasteiger partial charge in [-0.15, -0.1) is 0 Å². The molecule has 0 aliphatic carbocycles. The summed E-state index contributed by atoms with van der Waals surface area (Å²) in [4.78, 5) is 18.4. The number of aryl methyl sites for hydroxylation is 1. The van der Waals surface area contributed by atoms with Crippen LogP contribution in [0.15, 0.2) is 47.3 Å². The molecular weight excluding hydrogens is 264 g/mol. The van der Waals surface area contributed by atoms with Gasteiger partial charge in [-0.05, 0) is 36.1 Å². The summed E-state index contributed by atoms with van der Waals surface area (Å²) in [6.07, 6.45) is 6.42. The summed E-state index contributed by atoms with van der Waals surface area (Å²) in [7, 11) is 0. The Morgan fingerprint density at radius 3 is 2.81 bits per heavy atom. The highest BCUT2D eigenvalue weighted by atomic mass is 16.3. The number of furan rings is 1. The first-order valence-corrected chi connectivity index (χ1v) is 7.34. The second-order valence-electron chi connectivity index (χ2n) is 5.61. The van der Waals surface area contributed by atoms with Crippen LogP contribution < -0.4 is 0 Å². The van der Waals surface area contributed by atoms with Crippen molar-refractivity contribution in [3.63, 3.8) is 0 Å². The van der Waals surface area contributed by atoms with Gasteiger partial charge in [-0.3, -0.25) is 9.78 Å². The Morgan fingerprint density at radius 2 is 2.19 bits per heavy atom. The lowest BCUT2D eigenvalue weighted by atomic mass is 10.1. The minimum Gasteiger partial charge on any atom is -0.467 e. The molecule has 0 radical (unpaired) electrons. The van der Waals surface area contributed by atoms with Crippen LogP contribution in [0.25, 0.3) is 0 Å². The fourth-order valence-electron chi connectivity index (χ4n) is 2.24. The third-order valence-electron chi connectivity index (χ3n) is 3.22. The average molecular weight is 286 g/mol. The molecule has 0 aromatic carbocycles. The Balaban J connectivity index is 1.93. The number of aromatic nitrogens is 1. The van der Waals surface area contributed by atoms with Gasteiger partial charge in [-0.2, -0.15) is 0 Å². The summed E-state index contributed by atoms with van der Waals surface area (Å²) in [6.45, 7) is 5.51. The summed E-state index contributed by atoms with van der Waals surface area (Å²) >= 11 is 0. The summed E-state index contributed by atoms with van der Waals surface area (Å²) < 4.78 is 5.35. The van der Waals surface area contributed by atoms with E-state index in [0.29, 0.717) is 18.9 Å². The fraction of sp³-hybridized carbons (Fsp3) is 0.412. The molecule has 0 N–H and O–H groups in total. The molecule has 21 heavy (non-hydrogen) atoms. The molecule has 0 aliphatic heterocycles. The van der Waals surface area contributed by atoms with Crippen LogP contribution in [0.4, 0.5) is 0 Å². The minimum atomic E-state index is 0.156. The van der Waals surface area contributed by atoms with Crippen molar-refractivity contribution < 1.29 is 9.21 Å². The Morgan fingerprint density at radius 1 is 1.33 bits per heavy atom. The van der Waals surface area contributed by atoms with Gasteiger partial charge in [-0.1, -0.05) is 19.9 Å². The van der Waals surface area contributed by atoms with Crippen molar-refractivity contribution in [3.05, 3.63) is 54.2 Å². The van der Waals surface area contributed by atoms with Crippen molar-refractivity contribution in [2.45, 2.75) is 33.2 Å². The Hall–Kier alpha value is -2.10. The number of rotatable bonds is 7. The number of amides is 1. The Bertz CT molecular complexity index is 535. The first kappa shape index (κ1) is 15.3. The van der Waals surface area contributed by atoms with Crippen LogP contribution >= 0.6 is 0 Å². The van der Waals surface area contributed by atoms with E-state index in [-0.39, 0.29) is 5.91 Å². The van der Waals surface area contributed by atoms with Crippen molar-refractivity contribution in [1.82, 2.24) is 9.88 Å². The van der Waals surface area contributed by atoms with Gasteiger partial charge in [-0.25, -0.2) is 0 Å². The van der Waals surface area contributed by atoms with Crippen LogP contribution in [0.3, 0.4) is 0 Å². The number of carbonyl (C=O) groups excluding carboxylic acids is 1. The second kappa shape index (κ2) is 7.62. The number of carbonyl (C=O) groups is 1. The van der Waals surface area contributed by atoms with Crippen molar-refractivity contribution in [3.8, 4) is 0 Å². The van der Waals surface area contributed by atoms with Gasteiger partial charge in [0.05, 0.1) is 12.8 Å². The predicted octanol–water partition coefficient (Wildman–Crippen LogP) is 3.29. The molecule has 0 spiro atoms. The molecule has 112 valence electrons. The molecule has 0 aliphatic rings. The molecule has 0 saturated heterocycles. The third-order valence-corrected chi connectivity index (χ3v) is 3.22. The number of pyridine rings is 1. The third kappa shape index (κ3) is 5.06. The number of hydrogen-bond donors (Lipinski definition) is 0. The van der Waals surface area contributed by atoms with Crippen LogP contribution in [0.1, 0.15) is 31.6 Å². The van der Waals surface area contributed by atoms with E-state index >= 15 is 0 Å². The molecule has 0 fully saturated rings. The highest BCUT2D eigenvalue weighted by molar-refractivity contribution is 5.76. The van der Waals surface area contributed by atoms with E-state index in [0.717, 1.165) is 24.3 Å². The molecule has 0 atom stereocenters. The smallest absolute Gasteiger partial charge is 0.223 e. The van der Waals surface area contributed by atoms with Gasteiger partial charge in [0.25, 0.3) is 0 Å². The second-order valence-corrected chi connectivity index (χ2v) is 5.61. The summed E-state index contributed by atoms with van der Waals surface area (Å²) in [5.41, 5.74) is 1.09. The zero-order chi connectivity index (χ0) is 15.1. The molecule has 4 heteroatoms. The fourth-order valence-corrected chi connectivity index (χ4v) is 2.24. The first-order chi connectivity index (χ1) is 10.1. The maximum atomic E-state index is 12.4. The van der Waals surface area contributed by atoms with Crippen LogP contribution in [-0.2, 0) is 17.8 Å². The van der Waals surface area contributed by atoms with Crippen LogP contribution in [0, 0.1) is 5.92 Å². The summed E-state index contributed by atoms with van der Waals surface area (Å²) in [5, 5.41) is 0. The zero-order valence-electron chi connectivity index (χ0n) is 12.7. The van der Waals surface area contributed by atoms with Crippen molar-refractivity contribution in [2.75, 3.05) is 6.54 Å². The SMILES string of the molecule is CC(C)CN(Cc1ccco1)C(=O)CCc1cccnc1. The molecule has 0 unspecified atom stereocenters. The Labute approximate surface area is 125 Å². The lowest BCUT2D eigenvalue weighted by Crippen LogP contribution is -2.33. The highest BCUT2D eigenvalue weighted by Gasteiger charge is 2.16. The summed E-state index contributed by atoms with van der Waals surface area (Å²) in [5.74, 6) is 1.41. The molecule has 2 aromatic heterocycles. The largest absolute Gasteiger partial charge is 0.467 e. The molecule has 2 aromatic rings. The van der Waals surface area contributed by atoms with E-state index < -0.39 is 0 Å². The lowest BCUT2D eigenvalue weighted by molar-refractivity contribution is -0.132. The van der Waals surface area contributed by atoms with Crippen LogP contribution in [-0.4, -0.2) is 22.3 Å². The van der Waals surface area contributed by atoms with E-state index in [4.69, 9.17) is 4.42 Å². The van der Waals surface area contributed by atoms with Crippen LogP contribution in [0.2, 0.25) is 0 Å². The lowest BCUT2D eigenvalue weighted by Gasteiger charge is -2.23. The normalized spacial score (nSPS) is 10.8. The Kier molecular flexibility index (Phi) is 5.55. The van der Waals surface area contributed by atoms with E-state index in [1.807, 2.05) is 35.4 Å². The van der Waals surface area contributed by atoms with E-state index in [1.165, 1.54) is 0 Å². The quantitative estimate of drug-likeness (QED) is 0.784. The van der Waals surface area contributed by atoms with Gasteiger partial charge in [0.15, 0.2) is 0 Å². The average Bonchev–Trinajstić information content (AvgIpc) is 2.98. The van der Waals surface area contributed by atoms with Crippen molar-refractivity contribution >= 4 is 5.91 Å². The van der Waals surface area contributed by atoms with Gasteiger partial charge in [0.1, 0.15) is 5.76 Å². The standard InChI is InChI=1S/C17H22N2O2/c1-14(2)12-19(13-16-6-4-10-21-16)17(20)8-7-15-5-3-9-18-11-15/h3-6,9-11,14H,7-8,12-13H2,1-2H3. The monoisotopic (exact) mass is 286 g/mol. The maximum absolute atomic E-state index is 12.4. The van der Waals surface area contributed by atoms with E-state index in [1.54, 1.807) is 12.5 Å². The van der Waals surface area contributed by atoms with Gasteiger partial charge < -0.3 is 9.32 Å². The van der Waals surface area contributed by atoms with Gasteiger partial charge in [0.2, 0.25) is 5.91 Å². The van der Waals surface area contributed by atoms with Crippen LogP contribution in [0.5, 0.6) is 0 Å². The predicted molar refractivity (Wildman–Crippen MR) is 81.5 cm³/mol. The molecule has 0 saturated carbocycles. The number of hydrogen-bond acceptors (Lipinski definition) is 3. The molecule has 2 rings (SSSR count). The molecule has 1 amide bonds. The van der Waals surface area contributed by atoms with Crippen molar-refractivity contribution in [1.29, 1.82) is 0 Å². The summed E-state index contributed by atoms with van der Waals surface area (Å²) in [6, 6.07) is 7.65. The highest BCUT2D eigenvalue weighted by Crippen LogP contribution is 2.11. The topological polar surface area (TPSA) is 46.3 Å². The van der Waals surface area contributed by atoms with Gasteiger partial charge >= 0.3 is 0 Å².